The summed E-state index contributed by atoms with van der Waals surface area (Å²) in [4.78, 5) is 0. The van der Waals surface area contributed by atoms with Gasteiger partial charge in [0.1, 0.15) is 0 Å². The first-order chi connectivity index (χ1) is 6.13. The van der Waals surface area contributed by atoms with E-state index in [1.807, 2.05) is 0 Å². The Morgan fingerprint density at radius 3 is 1.46 bits per heavy atom. The summed E-state index contributed by atoms with van der Waals surface area (Å²) in [6.45, 7) is 0. The molecule has 0 bridgehead atoms. The van der Waals surface area contributed by atoms with Crippen LogP contribution in [0.15, 0.2) is 0 Å². The molecule has 0 aromatic carbocycles. The molecule has 0 amide bonds. The molecular formula is C10H25As3. The van der Waals surface area contributed by atoms with Gasteiger partial charge in [0.05, 0.1) is 0 Å². The third kappa shape index (κ3) is 13.7. The molecular weight excluding hydrogens is 345 g/mol. The number of rotatable bonds is 8. The quantitative estimate of drug-likeness (QED) is 0.453. The summed E-state index contributed by atoms with van der Waals surface area (Å²) in [6.07, 6.45) is 3.15. The normalized spacial score (nSPS) is 11.5. The van der Waals surface area contributed by atoms with Crippen molar-refractivity contribution in [2.75, 3.05) is 0 Å². The molecule has 0 heterocycles. The molecule has 0 aromatic heterocycles. The summed E-state index contributed by atoms with van der Waals surface area (Å²) in [7, 11) is 0. The van der Waals surface area contributed by atoms with E-state index in [4.69, 9.17) is 0 Å². The van der Waals surface area contributed by atoms with Gasteiger partial charge in [-0.25, -0.2) is 0 Å². The molecule has 0 radical (unpaired) electrons. The minimum absolute atomic E-state index is 0.276. The molecule has 80 valence electrons. The van der Waals surface area contributed by atoms with Crippen molar-refractivity contribution in [3.8, 4) is 0 Å². The molecule has 0 aromatic rings. The second-order valence-corrected chi connectivity index (χ2v) is 18.1. The van der Waals surface area contributed by atoms with Crippen LogP contribution < -0.4 is 0 Å². The van der Waals surface area contributed by atoms with E-state index in [1.165, 1.54) is 0 Å². The average Bonchev–Trinajstić information content (AvgIpc) is 2.01. The Kier molecular flexibility index (Phi) is 11.5. The number of hydrogen-bond donors (Lipinski definition) is 0. The molecule has 0 aliphatic heterocycles. The van der Waals surface area contributed by atoms with Gasteiger partial charge in [0, 0.05) is 0 Å². The van der Waals surface area contributed by atoms with Crippen LogP contribution in [0.25, 0.3) is 0 Å². The Balaban J connectivity index is 2.92. The van der Waals surface area contributed by atoms with Crippen LogP contribution in [-0.4, -0.2) is 45.1 Å². The van der Waals surface area contributed by atoms with Crippen LogP contribution in [0.2, 0.25) is 43.7 Å². The summed E-state index contributed by atoms with van der Waals surface area (Å²) in [5, 5.41) is 6.48. The minimum atomic E-state index is -0.276. The van der Waals surface area contributed by atoms with E-state index in [0.717, 1.165) is 0 Å². The molecule has 0 fully saturated rings. The van der Waals surface area contributed by atoms with Gasteiger partial charge in [0.2, 0.25) is 0 Å². The van der Waals surface area contributed by atoms with Crippen molar-refractivity contribution in [1.82, 2.24) is 0 Å². The van der Waals surface area contributed by atoms with Gasteiger partial charge in [-0.1, -0.05) is 0 Å². The van der Waals surface area contributed by atoms with Gasteiger partial charge < -0.3 is 0 Å². The topological polar surface area (TPSA) is 0 Å². The number of hydrogen-bond acceptors (Lipinski definition) is 0. The van der Waals surface area contributed by atoms with Gasteiger partial charge in [0.15, 0.2) is 0 Å². The van der Waals surface area contributed by atoms with Crippen LogP contribution in [-0.2, 0) is 0 Å². The fourth-order valence-corrected chi connectivity index (χ4v) is 9.50. The first kappa shape index (κ1) is 14.7. The molecule has 0 aliphatic rings. The molecule has 13 heavy (non-hydrogen) atoms. The molecule has 0 nitrogen and oxygen atoms in total. The summed E-state index contributed by atoms with van der Waals surface area (Å²) in [6, 6.07) is 0. The fourth-order valence-electron chi connectivity index (χ4n) is 1.17. The second-order valence-electron chi connectivity index (χ2n) is 4.06. The van der Waals surface area contributed by atoms with Crippen LogP contribution in [0.1, 0.15) is 12.8 Å². The molecule has 3 heteroatoms. The van der Waals surface area contributed by atoms with Gasteiger partial charge in [-0.2, -0.15) is 0 Å². The van der Waals surface area contributed by atoms with Gasteiger partial charge in [-0.3, -0.25) is 0 Å². The maximum absolute atomic E-state index is 2.48. The van der Waals surface area contributed by atoms with Crippen molar-refractivity contribution in [2.24, 2.45) is 0 Å². The first-order valence-corrected chi connectivity index (χ1v) is 18.3. The standard InChI is InChI=1S/C10H25As3/c1-12(2)9-5-7-11-8-6-10-13(3)4/h11H,5-10H2,1-4H3. The Hall–Kier alpha value is 1.68. The molecule has 0 N–H and O–H groups in total. The Labute approximate surface area is 101 Å². The maximum atomic E-state index is 2.48. The Morgan fingerprint density at radius 1 is 0.769 bits per heavy atom. The molecule has 0 saturated heterocycles. The van der Waals surface area contributed by atoms with Crippen LogP contribution >= 0.6 is 0 Å². The summed E-state index contributed by atoms with van der Waals surface area (Å²) >= 11 is -0.0659. The summed E-state index contributed by atoms with van der Waals surface area (Å²) in [5.41, 5.74) is 9.94. The van der Waals surface area contributed by atoms with Crippen molar-refractivity contribution in [2.45, 2.75) is 56.5 Å². The Bertz CT molecular complexity index is 90.3. The van der Waals surface area contributed by atoms with E-state index in [2.05, 4.69) is 22.8 Å². The third-order valence-electron chi connectivity index (χ3n) is 1.92. The predicted molar refractivity (Wildman–Crippen MR) is 70.6 cm³/mol. The van der Waals surface area contributed by atoms with E-state index in [1.54, 1.807) is 33.7 Å². The van der Waals surface area contributed by atoms with E-state index >= 15 is 0 Å². The summed E-state index contributed by atoms with van der Waals surface area (Å²) < 4.78 is 0. The van der Waals surface area contributed by atoms with Crippen LogP contribution in [0, 0.1) is 0 Å². The van der Waals surface area contributed by atoms with Gasteiger partial charge in [0.25, 0.3) is 0 Å². The van der Waals surface area contributed by atoms with Crippen LogP contribution in [0.5, 0.6) is 0 Å². The monoisotopic (exact) mass is 370 g/mol. The van der Waals surface area contributed by atoms with E-state index in [0.29, 0.717) is 15.8 Å². The summed E-state index contributed by atoms with van der Waals surface area (Å²) in [5.74, 6) is 0. The molecule has 0 atom stereocenters. The molecule has 0 unspecified atom stereocenters. The van der Waals surface area contributed by atoms with E-state index in [-0.39, 0.29) is 29.3 Å². The van der Waals surface area contributed by atoms with Gasteiger partial charge in [-0.15, -0.1) is 0 Å². The zero-order valence-electron chi connectivity index (χ0n) is 9.64. The van der Waals surface area contributed by atoms with E-state index in [9.17, 15) is 0 Å². The molecule has 0 rings (SSSR count). The third-order valence-corrected chi connectivity index (χ3v) is 9.96. The second kappa shape index (κ2) is 10.2. The molecule has 0 spiro atoms. The first-order valence-electron chi connectivity index (χ1n) is 5.13. The SMILES string of the molecule is C[As](C)CCC[AsH]CCC[As](C)C. The van der Waals surface area contributed by atoms with Crippen LogP contribution in [0.3, 0.4) is 0 Å². The Morgan fingerprint density at radius 2 is 1.15 bits per heavy atom. The van der Waals surface area contributed by atoms with Crippen molar-refractivity contribution < 1.29 is 0 Å². The van der Waals surface area contributed by atoms with Gasteiger partial charge in [-0.05, 0) is 0 Å². The van der Waals surface area contributed by atoms with Crippen molar-refractivity contribution in [1.29, 1.82) is 0 Å². The van der Waals surface area contributed by atoms with Crippen molar-refractivity contribution in [3.05, 3.63) is 0 Å². The average molecular weight is 370 g/mol. The van der Waals surface area contributed by atoms with Crippen molar-refractivity contribution in [3.63, 3.8) is 0 Å². The zero-order chi connectivity index (χ0) is 10.1. The van der Waals surface area contributed by atoms with Crippen LogP contribution in [0.4, 0.5) is 0 Å². The fraction of sp³-hybridized carbons (Fsp3) is 1.00. The van der Waals surface area contributed by atoms with E-state index < -0.39 is 0 Å². The van der Waals surface area contributed by atoms with Gasteiger partial charge >= 0.3 is 102 Å². The van der Waals surface area contributed by atoms with Crippen molar-refractivity contribution >= 4 is 45.1 Å². The zero-order valence-corrected chi connectivity index (χ0v) is 15.5. The predicted octanol–water partition coefficient (Wildman–Crippen LogP) is 3.55. The molecule has 0 aliphatic carbocycles. The molecule has 0 saturated carbocycles.